The average Bonchev–Trinajstić information content (AvgIpc) is 2.79. The summed E-state index contributed by atoms with van der Waals surface area (Å²) in [5.74, 6) is -0.232. The lowest BCUT2D eigenvalue weighted by atomic mass is 10.1. The SMILES string of the molecule is COc1ccc(C)cc1N(CC(=O)N(Cc1ccc(Br)cc1)[C@@H](C)C(=O)NCC(C)C)S(C)(=O)=O. The molecule has 2 amide bonds. The summed E-state index contributed by atoms with van der Waals surface area (Å²) >= 11 is 3.40. The van der Waals surface area contributed by atoms with Crippen molar-refractivity contribution in [3.05, 3.63) is 58.1 Å². The Bertz CT molecular complexity index is 1140. The van der Waals surface area contributed by atoms with Crippen LogP contribution in [-0.4, -0.2) is 57.6 Å². The van der Waals surface area contributed by atoms with Gasteiger partial charge in [0, 0.05) is 17.6 Å². The predicted octanol–water partition coefficient (Wildman–Crippen LogP) is 3.72. The highest BCUT2D eigenvalue weighted by Gasteiger charge is 2.31. The van der Waals surface area contributed by atoms with Crippen LogP contribution in [-0.2, 0) is 26.2 Å². The van der Waals surface area contributed by atoms with Gasteiger partial charge in [-0.15, -0.1) is 0 Å². The molecule has 0 heterocycles. The van der Waals surface area contributed by atoms with E-state index >= 15 is 0 Å². The Hall–Kier alpha value is -2.59. The van der Waals surface area contributed by atoms with Gasteiger partial charge in [-0.3, -0.25) is 13.9 Å². The number of aryl methyl sites for hydroxylation is 1. The van der Waals surface area contributed by atoms with E-state index in [2.05, 4.69) is 21.2 Å². The number of halogens is 1. The van der Waals surface area contributed by atoms with Gasteiger partial charge in [-0.05, 0) is 55.2 Å². The normalized spacial score (nSPS) is 12.2. The third-order valence-electron chi connectivity index (χ3n) is 5.40. The number of rotatable bonds is 11. The number of benzene rings is 2. The van der Waals surface area contributed by atoms with Crippen LogP contribution in [0, 0.1) is 12.8 Å². The monoisotopic (exact) mass is 567 g/mol. The number of methoxy groups -OCH3 is 1. The van der Waals surface area contributed by atoms with E-state index < -0.39 is 28.5 Å². The van der Waals surface area contributed by atoms with Crippen molar-refractivity contribution >= 4 is 43.5 Å². The second-order valence-corrected chi connectivity index (χ2v) is 11.7. The topological polar surface area (TPSA) is 96.0 Å². The summed E-state index contributed by atoms with van der Waals surface area (Å²) in [7, 11) is -2.40. The van der Waals surface area contributed by atoms with Gasteiger partial charge in [-0.1, -0.05) is 48.0 Å². The molecule has 0 unspecified atom stereocenters. The Balaban J connectivity index is 2.43. The summed E-state index contributed by atoms with van der Waals surface area (Å²) < 4.78 is 32.8. The molecule has 1 N–H and O–H groups in total. The van der Waals surface area contributed by atoms with Gasteiger partial charge in [0.2, 0.25) is 21.8 Å². The van der Waals surface area contributed by atoms with Gasteiger partial charge in [0.15, 0.2) is 0 Å². The maximum Gasteiger partial charge on any atom is 0.244 e. The molecule has 2 aromatic rings. The van der Waals surface area contributed by atoms with Crippen LogP contribution >= 0.6 is 15.9 Å². The fourth-order valence-corrected chi connectivity index (χ4v) is 4.52. The Morgan fingerprint density at radius 2 is 1.71 bits per heavy atom. The minimum absolute atomic E-state index is 0.144. The molecule has 0 aliphatic rings. The first kappa shape index (κ1) is 28.6. The van der Waals surface area contributed by atoms with Crippen molar-refractivity contribution in [1.29, 1.82) is 0 Å². The Morgan fingerprint density at radius 1 is 1.09 bits per heavy atom. The fraction of sp³-hybridized carbons (Fsp3) is 0.440. The maximum atomic E-state index is 13.6. The second kappa shape index (κ2) is 12.4. The van der Waals surface area contributed by atoms with E-state index in [-0.39, 0.29) is 24.1 Å². The van der Waals surface area contributed by atoms with Crippen molar-refractivity contribution in [2.24, 2.45) is 5.92 Å². The third-order valence-corrected chi connectivity index (χ3v) is 7.06. The zero-order valence-corrected chi connectivity index (χ0v) is 23.4. The molecule has 0 saturated carbocycles. The number of nitrogens with one attached hydrogen (secondary N) is 1. The van der Waals surface area contributed by atoms with Crippen LogP contribution in [0.25, 0.3) is 0 Å². The molecule has 0 radical (unpaired) electrons. The lowest BCUT2D eigenvalue weighted by Gasteiger charge is -2.32. The van der Waals surface area contributed by atoms with Crippen LogP contribution in [0.5, 0.6) is 5.75 Å². The Kier molecular flexibility index (Phi) is 10.1. The van der Waals surface area contributed by atoms with Crippen LogP contribution < -0.4 is 14.4 Å². The lowest BCUT2D eigenvalue weighted by molar-refractivity contribution is -0.139. The number of nitrogens with zero attached hydrogens (tertiary/aromatic N) is 2. The lowest BCUT2D eigenvalue weighted by Crippen LogP contribution is -2.51. The summed E-state index contributed by atoms with van der Waals surface area (Å²) in [5.41, 5.74) is 1.89. The minimum Gasteiger partial charge on any atom is -0.495 e. The smallest absolute Gasteiger partial charge is 0.244 e. The van der Waals surface area contributed by atoms with Gasteiger partial charge in [-0.25, -0.2) is 8.42 Å². The molecule has 0 saturated heterocycles. The van der Waals surface area contributed by atoms with E-state index in [0.717, 1.165) is 26.2 Å². The van der Waals surface area contributed by atoms with Crippen molar-refractivity contribution in [3.63, 3.8) is 0 Å². The van der Waals surface area contributed by atoms with E-state index in [4.69, 9.17) is 4.74 Å². The molecular weight excluding hydrogens is 534 g/mol. The highest BCUT2D eigenvalue weighted by Crippen LogP contribution is 2.31. The first-order chi connectivity index (χ1) is 16.3. The van der Waals surface area contributed by atoms with Crippen LogP contribution in [0.2, 0.25) is 0 Å². The van der Waals surface area contributed by atoms with Crippen molar-refractivity contribution < 1.29 is 22.7 Å². The molecule has 0 aromatic heterocycles. The summed E-state index contributed by atoms with van der Waals surface area (Å²) in [6.45, 7) is 7.57. The van der Waals surface area contributed by atoms with Crippen LogP contribution in [0.15, 0.2) is 46.9 Å². The van der Waals surface area contributed by atoms with Crippen molar-refractivity contribution in [2.45, 2.75) is 40.3 Å². The molecule has 0 aliphatic heterocycles. The molecule has 10 heteroatoms. The number of ether oxygens (including phenoxy) is 1. The van der Waals surface area contributed by atoms with Crippen molar-refractivity contribution in [2.75, 3.05) is 30.8 Å². The summed E-state index contributed by atoms with van der Waals surface area (Å²) in [5, 5.41) is 2.86. The number of hydrogen-bond acceptors (Lipinski definition) is 5. The minimum atomic E-state index is -3.84. The van der Waals surface area contributed by atoms with Gasteiger partial charge in [0.05, 0.1) is 19.1 Å². The molecule has 0 spiro atoms. The summed E-state index contributed by atoms with van der Waals surface area (Å²) in [4.78, 5) is 27.9. The first-order valence-electron chi connectivity index (χ1n) is 11.3. The Labute approximate surface area is 216 Å². The fourth-order valence-electron chi connectivity index (χ4n) is 3.41. The molecule has 0 bridgehead atoms. The zero-order valence-electron chi connectivity index (χ0n) is 21.0. The molecule has 8 nitrogen and oxygen atoms in total. The summed E-state index contributed by atoms with van der Waals surface area (Å²) in [6, 6.07) is 11.7. The van der Waals surface area contributed by atoms with E-state index in [1.54, 1.807) is 25.1 Å². The van der Waals surface area contributed by atoms with Crippen LogP contribution in [0.3, 0.4) is 0 Å². The highest BCUT2D eigenvalue weighted by molar-refractivity contribution is 9.10. The average molecular weight is 569 g/mol. The van der Waals surface area contributed by atoms with E-state index in [0.29, 0.717) is 12.3 Å². The molecule has 1 atom stereocenters. The molecule has 2 rings (SSSR count). The van der Waals surface area contributed by atoms with Gasteiger partial charge >= 0.3 is 0 Å². The standard InChI is InChI=1S/C25H34BrN3O5S/c1-17(2)14-27-25(31)19(4)28(15-20-8-10-21(26)11-9-20)24(30)16-29(35(6,32)33)22-13-18(3)7-12-23(22)34-5/h7-13,17,19H,14-16H2,1-6H3,(H,27,31)/t19-/m0/s1. The van der Waals surface area contributed by atoms with Crippen molar-refractivity contribution in [3.8, 4) is 5.75 Å². The van der Waals surface area contributed by atoms with Gasteiger partial charge < -0.3 is 15.0 Å². The molecular formula is C25H34BrN3O5S. The van der Waals surface area contributed by atoms with Gasteiger partial charge in [0.1, 0.15) is 18.3 Å². The number of amides is 2. The third kappa shape index (κ3) is 8.24. The molecule has 0 aliphatic carbocycles. The molecule has 192 valence electrons. The van der Waals surface area contributed by atoms with Crippen molar-refractivity contribution in [1.82, 2.24) is 10.2 Å². The largest absolute Gasteiger partial charge is 0.495 e. The molecule has 0 fully saturated rings. The Morgan fingerprint density at radius 3 is 2.26 bits per heavy atom. The van der Waals surface area contributed by atoms with E-state index in [1.807, 2.05) is 45.0 Å². The van der Waals surface area contributed by atoms with E-state index in [1.165, 1.54) is 12.0 Å². The number of hydrogen-bond donors (Lipinski definition) is 1. The number of carbonyl (C=O) groups is 2. The zero-order chi connectivity index (χ0) is 26.3. The summed E-state index contributed by atoms with van der Waals surface area (Å²) in [6.07, 6.45) is 1.04. The van der Waals surface area contributed by atoms with E-state index in [9.17, 15) is 18.0 Å². The highest BCUT2D eigenvalue weighted by atomic mass is 79.9. The maximum absolute atomic E-state index is 13.6. The predicted molar refractivity (Wildman–Crippen MR) is 142 cm³/mol. The first-order valence-corrected chi connectivity index (χ1v) is 13.9. The quantitative estimate of drug-likeness (QED) is 0.446. The van der Waals surface area contributed by atoms with Gasteiger partial charge in [0.25, 0.3) is 0 Å². The molecule has 35 heavy (non-hydrogen) atoms. The van der Waals surface area contributed by atoms with Crippen LogP contribution in [0.1, 0.15) is 31.9 Å². The molecule has 2 aromatic carbocycles. The number of sulfonamides is 1. The second-order valence-electron chi connectivity index (χ2n) is 8.91. The number of anilines is 1. The van der Waals surface area contributed by atoms with Crippen LogP contribution in [0.4, 0.5) is 5.69 Å². The van der Waals surface area contributed by atoms with Gasteiger partial charge in [-0.2, -0.15) is 0 Å². The number of carbonyl (C=O) groups excluding carboxylic acids is 2.